The summed E-state index contributed by atoms with van der Waals surface area (Å²) in [6.07, 6.45) is 6.01. The molecule has 3 unspecified atom stereocenters. The Morgan fingerprint density at radius 3 is 2.86 bits per heavy atom. The SMILES string of the molecule is Cc1cccc(NC(=O)C2CCCN(C(=O)/C=C/c3ccc(C4CC4C)o3)C2)n1. The number of carbonyl (C=O) groups is 2. The van der Waals surface area contributed by atoms with Crippen LogP contribution in [0.15, 0.2) is 40.8 Å². The van der Waals surface area contributed by atoms with Gasteiger partial charge in [0.05, 0.1) is 5.92 Å². The molecule has 4 rings (SSSR count). The topological polar surface area (TPSA) is 75.4 Å². The van der Waals surface area contributed by atoms with Crippen LogP contribution in [0.25, 0.3) is 6.08 Å². The van der Waals surface area contributed by atoms with Crippen LogP contribution in [0.4, 0.5) is 5.82 Å². The standard InChI is InChI=1S/C23H27N3O3/c1-15-13-19(15)20-10-8-18(29-20)9-11-22(27)26-12-4-6-17(14-26)23(28)25-21-7-3-5-16(2)24-21/h3,5,7-11,15,17,19H,4,6,12-14H2,1-2H3,(H,24,25,28)/b11-9+. The number of rotatable bonds is 5. The molecule has 0 radical (unpaired) electrons. The molecule has 2 fully saturated rings. The van der Waals surface area contributed by atoms with Crippen LogP contribution in [0.1, 0.15) is 49.3 Å². The largest absolute Gasteiger partial charge is 0.461 e. The van der Waals surface area contributed by atoms with Crippen LogP contribution in [-0.4, -0.2) is 34.8 Å². The summed E-state index contributed by atoms with van der Waals surface area (Å²) in [6, 6.07) is 9.43. The minimum atomic E-state index is -0.227. The summed E-state index contributed by atoms with van der Waals surface area (Å²) in [5.41, 5.74) is 0.852. The molecule has 1 aliphatic heterocycles. The molecule has 29 heavy (non-hydrogen) atoms. The second-order valence-corrected chi connectivity index (χ2v) is 8.17. The Morgan fingerprint density at radius 1 is 1.28 bits per heavy atom. The highest BCUT2D eigenvalue weighted by molar-refractivity contribution is 5.94. The number of aromatic nitrogens is 1. The van der Waals surface area contributed by atoms with E-state index in [2.05, 4.69) is 17.2 Å². The number of piperidine rings is 1. The molecule has 2 aliphatic rings. The summed E-state index contributed by atoms with van der Waals surface area (Å²) in [7, 11) is 0. The average molecular weight is 393 g/mol. The number of pyridine rings is 1. The zero-order valence-electron chi connectivity index (χ0n) is 16.9. The van der Waals surface area contributed by atoms with Crippen LogP contribution in [0.5, 0.6) is 0 Å². The lowest BCUT2D eigenvalue weighted by Crippen LogP contribution is -2.43. The highest BCUT2D eigenvalue weighted by Crippen LogP contribution is 2.47. The molecule has 2 amide bonds. The Labute approximate surface area is 171 Å². The van der Waals surface area contributed by atoms with Crippen LogP contribution in [-0.2, 0) is 9.59 Å². The molecule has 152 valence electrons. The lowest BCUT2D eigenvalue weighted by Gasteiger charge is -2.31. The van der Waals surface area contributed by atoms with E-state index in [0.29, 0.717) is 36.5 Å². The highest BCUT2D eigenvalue weighted by Gasteiger charge is 2.36. The number of carbonyl (C=O) groups excluding carboxylic acids is 2. The molecular weight excluding hydrogens is 366 g/mol. The van der Waals surface area contributed by atoms with Gasteiger partial charge in [-0.25, -0.2) is 4.98 Å². The van der Waals surface area contributed by atoms with Crippen molar-refractivity contribution in [2.24, 2.45) is 11.8 Å². The number of nitrogens with one attached hydrogen (secondary N) is 1. The molecule has 6 heteroatoms. The number of likely N-dealkylation sites (tertiary alicyclic amines) is 1. The van der Waals surface area contributed by atoms with Crippen LogP contribution >= 0.6 is 0 Å². The van der Waals surface area contributed by atoms with Gasteiger partial charge in [0.25, 0.3) is 0 Å². The Morgan fingerprint density at radius 2 is 2.10 bits per heavy atom. The predicted octanol–water partition coefficient (Wildman–Crippen LogP) is 4.00. The van der Waals surface area contributed by atoms with E-state index in [1.54, 1.807) is 23.1 Å². The first-order chi connectivity index (χ1) is 14.0. The van der Waals surface area contributed by atoms with Crippen molar-refractivity contribution in [1.29, 1.82) is 0 Å². The van der Waals surface area contributed by atoms with E-state index >= 15 is 0 Å². The summed E-state index contributed by atoms with van der Waals surface area (Å²) in [5.74, 6) is 3.07. The molecule has 1 saturated carbocycles. The van der Waals surface area contributed by atoms with E-state index in [4.69, 9.17) is 4.42 Å². The van der Waals surface area contributed by atoms with Crippen LogP contribution in [0, 0.1) is 18.8 Å². The van der Waals surface area contributed by atoms with Crippen molar-refractivity contribution in [3.63, 3.8) is 0 Å². The van der Waals surface area contributed by atoms with Crippen molar-refractivity contribution in [2.75, 3.05) is 18.4 Å². The third-order valence-corrected chi connectivity index (χ3v) is 5.76. The maximum absolute atomic E-state index is 12.6. The van der Waals surface area contributed by atoms with E-state index in [-0.39, 0.29) is 17.7 Å². The summed E-state index contributed by atoms with van der Waals surface area (Å²) in [6.45, 7) is 5.18. The summed E-state index contributed by atoms with van der Waals surface area (Å²) in [4.78, 5) is 31.3. The first kappa shape index (κ1) is 19.4. The molecule has 1 N–H and O–H groups in total. The summed E-state index contributed by atoms with van der Waals surface area (Å²) < 4.78 is 5.82. The van der Waals surface area contributed by atoms with Crippen molar-refractivity contribution < 1.29 is 14.0 Å². The second kappa shape index (κ2) is 8.23. The smallest absolute Gasteiger partial charge is 0.246 e. The number of amides is 2. The summed E-state index contributed by atoms with van der Waals surface area (Å²) >= 11 is 0. The van der Waals surface area contributed by atoms with Crippen molar-refractivity contribution in [3.05, 3.63) is 53.6 Å². The fourth-order valence-electron chi connectivity index (χ4n) is 3.87. The van der Waals surface area contributed by atoms with Gasteiger partial charge in [-0.05, 0) is 62.4 Å². The van der Waals surface area contributed by atoms with Gasteiger partial charge in [-0.2, -0.15) is 0 Å². The van der Waals surface area contributed by atoms with E-state index in [1.807, 2.05) is 31.2 Å². The van der Waals surface area contributed by atoms with Crippen LogP contribution < -0.4 is 5.32 Å². The zero-order chi connectivity index (χ0) is 20.4. The molecule has 0 aromatic carbocycles. The average Bonchev–Trinajstić information content (AvgIpc) is 3.25. The Hall–Kier alpha value is -2.89. The normalized spacial score (nSPS) is 23.9. The molecule has 2 aromatic rings. The van der Waals surface area contributed by atoms with Crippen LogP contribution in [0.2, 0.25) is 0 Å². The van der Waals surface area contributed by atoms with Gasteiger partial charge in [0.2, 0.25) is 11.8 Å². The molecular formula is C23H27N3O3. The maximum atomic E-state index is 12.6. The number of aryl methyl sites for hydroxylation is 1. The van der Waals surface area contributed by atoms with E-state index in [1.165, 1.54) is 6.42 Å². The fraction of sp³-hybridized carbons (Fsp3) is 0.435. The minimum absolute atomic E-state index is 0.0844. The minimum Gasteiger partial charge on any atom is -0.461 e. The quantitative estimate of drug-likeness (QED) is 0.779. The van der Waals surface area contributed by atoms with Crippen molar-refractivity contribution in [3.8, 4) is 0 Å². The van der Waals surface area contributed by atoms with Gasteiger partial charge in [-0.3, -0.25) is 9.59 Å². The van der Waals surface area contributed by atoms with Gasteiger partial charge in [-0.1, -0.05) is 13.0 Å². The molecule has 1 saturated heterocycles. The molecule has 6 nitrogen and oxygen atoms in total. The monoisotopic (exact) mass is 393 g/mol. The molecule has 3 atom stereocenters. The van der Waals surface area contributed by atoms with Gasteiger partial charge in [0, 0.05) is 30.8 Å². The maximum Gasteiger partial charge on any atom is 0.246 e. The second-order valence-electron chi connectivity index (χ2n) is 8.17. The third-order valence-electron chi connectivity index (χ3n) is 5.76. The van der Waals surface area contributed by atoms with Crippen molar-refractivity contribution >= 4 is 23.7 Å². The van der Waals surface area contributed by atoms with Gasteiger partial charge < -0.3 is 14.6 Å². The predicted molar refractivity (Wildman–Crippen MR) is 111 cm³/mol. The highest BCUT2D eigenvalue weighted by atomic mass is 16.3. The first-order valence-corrected chi connectivity index (χ1v) is 10.3. The number of hydrogen-bond acceptors (Lipinski definition) is 4. The third kappa shape index (κ3) is 4.75. The zero-order valence-corrected chi connectivity index (χ0v) is 16.9. The molecule has 0 spiro atoms. The number of anilines is 1. The van der Waals surface area contributed by atoms with E-state index in [0.717, 1.165) is 24.3 Å². The van der Waals surface area contributed by atoms with E-state index < -0.39 is 0 Å². The van der Waals surface area contributed by atoms with Crippen molar-refractivity contribution in [2.45, 2.75) is 39.0 Å². The lowest BCUT2D eigenvalue weighted by atomic mass is 9.97. The van der Waals surface area contributed by atoms with Gasteiger partial charge >= 0.3 is 0 Å². The molecule has 1 aliphatic carbocycles. The number of hydrogen-bond donors (Lipinski definition) is 1. The summed E-state index contributed by atoms with van der Waals surface area (Å²) in [5, 5.41) is 2.87. The van der Waals surface area contributed by atoms with Gasteiger partial charge in [0.1, 0.15) is 17.3 Å². The molecule has 0 bridgehead atoms. The van der Waals surface area contributed by atoms with E-state index in [9.17, 15) is 9.59 Å². The molecule has 3 heterocycles. The number of furan rings is 1. The Bertz CT molecular complexity index is 933. The Balaban J connectivity index is 1.33. The molecule has 2 aromatic heterocycles. The van der Waals surface area contributed by atoms with Gasteiger partial charge in [0.15, 0.2) is 0 Å². The number of nitrogens with zero attached hydrogens (tertiary/aromatic N) is 2. The van der Waals surface area contributed by atoms with Crippen LogP contribution in [0.3, 0.4) is 0 Å². The van der Waals surface area contributed by atoms with Crippen molar-refractivity contribution in [1.82, 2.24) is 9.88 Å². The lowest BCUT2D eigenvalue weighted by molar-refractivity contribution is -0.130. The first-order valence-electron chi connectivity index (χ1n) is 10.3. The van der Waals surface area contributed by atoms with Gasteiger partial charge in [-0.15, -0.1) is 0 Å². The Kier molecular flexibility index (Phi) is 5.51. The fourth-order valence-corrected chi connectivity index (χ4v) is 3.87.